The molecule has 0 radical (unpaired) electrons. The molecule has 2 aromatic carbocycles. The summed E-state index contributed by atoms with van der Waals surface area (Å²) in [5.74, 6) is -2.07. The number of amides is 3. The highest BCUT2D eigenvalue weighted by molar-refractivity contribution is 6.31. The van der Waals surface area contributed by atoms with E-state index in [1.54, 1.807) is 12.1 Å². The first-order chi connectivity index (χ1) is 12.6. The van der Waals surface area contributed by atoms with Crippen molar-refractivity contribution in [2.24, 2.45) is 0 Å². The van der Waals surface area contributed by atoms with Crippen LogP contribution in [0.3, 0.4) is 0 Å². The number of benzene rings is 2. The van der Waals surface area contributed by atoms with Crippen molar-refractivity contribution in [3.63, 3.8) is 0 Å². The second-order valence-electron chi connectivity index (χ2n) is 5.88. The Hall–Kier alpha value is -2.87. The number of nitrogens with one attached hydrogen (secondary N) is 1. The third kappa shape index (κ3) is 3.40. The van der Waals surface area contributed by atoms with Crippen molar-refractivity contribution in [3.05, 3.63) is 64.2 Å². The van der Waals surface area contributed by atoms with E-state index in [1.165, 1.54) is 25.1 Å². The first-order valence-electron chi connectivity index (χ1n) is 7.76. The molecule has 3 rings (SSSR count). The average Bonchev–Trinajstić information content (AvgIpc) is 2.86. The van der Waals surface area contributed by atoms with Crippen molar-refractivity contribution in [1.82, 2.24) is 4.90 Å². The number of hydrogen-bond acceptors (Lipinski definition) is 3. The van der Waals surface area contributed by atoms with Crippen LogP contribution < -0.4 is 5.32 Å². The van der Waals surface area contributed by atoms with Gasteiger partial charge in [-0.1, -0.05) is 23.7 Å². The van der Waals surface area contributed by atoms with E-state index in [2.05, 4.69) is 5.32 Å². The van der Waals surface area contributed by atoms with Crippen LogP contribution in [-0.2, 0) is 11.0 Å². The molecule has 1 aliphatic heterocycles. The van der Waals surface area contributed by atoms with E-state index in [0.717, 1.165) is 11.0 Å². The zero-order valence-electron chi connectivity index (χ0n) is 13.8. The molecule has 3 amide bonds. The molecular weight excluding hydrogens is 385 g/mol. The van der Waals surface area contributed by atoms with Crippen molar-refractivity contribution in [1.29, 1.82) is 0 Å². The van der Waals surface area contributed by atoms with Crippen LogP contribution in [0.5, 0.6) is 0 Å². The van der Waals surface area contributed by atoms with E-state index in [9.17, 15) is 27.6 Å². The molecule has 2 aromatic rings. The van der Waals surface area contributed by atoms with Crippen molar-refractivity contribution in [3.8, 4) is 0 Å². The minimum atomic E-state index is -4.69. The van der Waals surface area contributed by atoms with Gasteiger partial charge in [-0.3, -0.25) is 19.3 Å². The normalized spacial score (nSPS) is 14.9. The summed E-state index contributed by atoms with van der Waals surface area (Å²) in [7, 11) is 0. The number of anilines is 1. The number of nitrogens with zero attached hydrogens (tertiary/aromatic N) is 1. The van der Waals surface area contributed by atoms with Crippen LogP contribution in [0.15, 0.2) is 42.5 Å². The maximum Gasteiger partial charge on any atom is 0.417 e. The number of carbonyl (C=O) groups excluding carboxylic acids is 3. The highest BCUT2D eigenvalue weighted by Crippen LogP contribution is 2.36. The molecule has 27 heavy (non-hydrogen) atoms. The van der Waals surface area contributed by atoms with E-state index in [4.69, 9.17) is 11.6 Å². The average molecular weight is 397 g/mol. The van der Waals surface area contributed by atoms with Crippen LogP contribution in [-0.4, -0.2) is 28.7 Å². The maximum absolute atomic E-state index is 12.9. The Morgan fingerprint density at radius 3 is 2.15 bits per heavy atom. The molecule has 0 unspecified atom stereocenters. The highest BCUT2D eigenvalue weighted by atomic mass is 35.5. The van der Waals surface area contributed by atoms with Gasteiger partial charge in [0.25, 0.3) is 11.8 Å². The van der Waals surface area contributed by atoms with Gasteiger partial charge in [0, 0.05) is 5.69 Å². The lowest BCUT2D eigenvalue weighted by Crippen LogP contribution is -2.45. The lowest BCUT2D eigenvalue weighted by Gasteiger charge is -2.22. The summed E-state index contributed by atoms with van der Waals surface area (Å²) < 4.78 is 38.8. The minimum absolute atomic E-state index is 0.153. The van der Waals surface area contributed by atoms with Crippen LogP contribution in [0.1, 0.15) is 33.2 Å². The number of halogens is 4. The molecule has 1 aliphatic rings. The van der Waals surface area contributed by atoms with E-state index in [1.807, 2.05) is 0 Å². The fraction of sp³-hybridized carbons (Fsp3) is 0.167. The largest absolute Gasteiger partial charge is 0.417 e. The molecule has 1 N–H and O–H groups in total. The summed E-state index contributed by atoms with van der Waals surface area (Å²) in [5.41, 5.74) is -0.906. The molecule has 9 heteroatoms. The monoisotopic (exact) mass is 396 g/mol. The Morgan fingerprint density at radius 1 is 1.07 bits per heavy atom. The van der Waals surface area contributed by atoms with Gasteiger partial charge in [0.2, 0.25) is 5.91 Å². The molecular formula is C18H12ClF3N2O3. The maximum atomic E-state index is 12.9. The third-order valence-electron chi connectivity index (χ3n) is 4.13. The summed E-state index contributed by atoms with van der Waals surface area (Å²) in [6, 6.07) is 7.79. The van der Waals surface area contributed by atoms with Crippen molar-refractivity contribution < 1.29 is 27.6 Å². The van der Waals surface area contributed by atoms with Crippen LogP contribution in [0, 0.1) is 0 Å². The van der Waals surface area contributed by atoms with Crippen molar-refractivity contribution in [2.45, 2.75) is 19.1 Å². The van der Waals surface area contributed by atoms with Crippen LogP contribution in [0.2, 0.25) is 5.02 Å². The SMILES string of the molecule is C[C@@H](C(=O)Nc1ccc(Cl)c(C(F)(F)F)c1)N1C(=O)c2ccccc2C1=O. The predicted octanol–water partition coefficient (Wildman–Crippen LogP) is 3.98. The molecule has 0 aliphatic carbocycles. The van der Waals surface area contributed by atoms with E-state index in [0.29, 0.717) is 6.07 Å². The Kier molecular flexibility index (Phi) is 4.69. The molecule has 0 fully saturated rings. The van der Waals surface area contributed by atoms with E-state index < -0.39 is 40.5 Å². The Bertz CT molecular complexity index is 924. The lowest BCUT2D eigenvalue weighted by atomic mass is 10.1. The second kappa shape index (κ2) is 6.70. The van der Waals surface area contributed by atoms with Crippen LogP contribution in [0.4, 0.5) is 18.9 Å². The van der Waals surface area contributed by atoms with E-state index in [-0.39, 0.29) is 16.8 Å². The molecule has 0 spiro atoms. The van der Waals surface area contributed by atoms with Gasteiger partial charge in [-0.15, -0.1) is 0 Å². The molecule has 0 saturated carbocycles. The summed E-state index contributed by atoms with van der Waals surface area (Å²) in [5, 5.41) is 1.78. The number of carbonyl (C=O) groups is 3. The van der Waals surface area contributed by atoms with Gasteiger partial charge in [-0.25, -0.2) is 0 Å². The quantitative estimate of drug-likeness (QED) is 0.798. The molecule has 140 valence electrons. The molecule has 5 nitrogen and oxygen atoms in total. The highest BCUT2D eigenvalue weighted by Gasteiger charge is 2.40. The molecule has 0 aromatic heterocycles. The fourth-order valence-electron chi connectivity index (χ4n) is 2.74. The van der Waals surface area contributed by atoms with Gasteiger partial charge < -0.3 is 5.32 Å². The Morgan fingerprint density at radius 2 is 1.63 bits per heavy atom. The van der Waals surface area contributed by atoms with Crippen molar-refractivity contribution >= 4 is 35.0 Å². The molecule has 0 saturated heterocycles. The predicted molar refractivity (Wildman–Crippen MR) is 91.5 cm³/mol. The molecule has 0 bridgehead atoms. The number of hydrogen-bond donors (Lipinski definition) is 1. The second-order valence-corrected chi connectivity index (χ2v) is 6.29. The van der Waals surface area contributed by atoms with Gasteiger partial charge in [0.1, 0.15) is 6.04 Å². The smallest absolute Gasteiger partial charge is 0.324 e. The molecule has 1 heterocycles. The summed E-state index contributed by atoms with van der Waals surface area (Å²) in [6.07, 6.45) is -4.69. The van der Waals surface area contributed by atoms with Crippen LogP contribution >= 0.6 is 11.6 Å². The summed E-state index contributed by atoms with van der Waals surface area (Å²) >= 11 is 5.54. The zero-order chi connectivity index (χ0) is 19.9. The Labute approximate surface area is 156 Å². The summed E-state index contributed by atoms with van der Waals surface area (Å²) in [6.45, 7) is 1.32. The van der Waals surface area contributed by atoms with E-state index >= 15 is 0 Å². The minimum Gasteiger partial charge on any atom is -0.324 e. The van der Waals surface area contributed by atoms with Gasteiger partial charge in [0.05, 0.1) is 21.7 Å². The first-order valence-corrected chi connectivity index (χ1v) is 8.13. The molecule has 1 atom stereocenters. The van der Waals surface area contributed by atoms with Gasteiger partial charge in [-0.05, 0) is 37.3 Å². The first kappa shape index (κ1) is 18.9. The van der Waals surface area contributed by atoms with Crippen LogP contribution in [0.25, 0.3) is 0 Å². The Balaban J connectivity index is 1.82. The van der Waals surface area contributed by atoms with Gasteiger partial charge in [-0.2, -0.15) is 13.2 Å². The number of imide groups is 1. The topological polar surface area (TPSA) is 66.5 Å². The standard InChI is InChI=1S/C18H12ClF3N2O3/c1-9(24-16(26)11-4-2-3-5-12(11)17(24)27)15(25)23-10-6-7-14(19)13(8-10)18(20,21)22/h2-9H,1H3,(H,23,25)/t9-/m0/s1. The zero-order valence-corrected chi connectivity index (χ0v) is 14.6. The van der Waals surface area contributed by atoms with Gasteiger partial charge in [0.15, 0.2) is 0 Å². The summed E-state index contributed by atoms with van der Waals surface area (Å²) in [4.78, 5) is 38.0. The lowest BCUT2D eigenvalue weighted by molar-refractivity contribution is -0.137. The van der Waals surface area contributed by atoms with Gasteiger partial charge >= 0.3 is 6.18 Å². The fourth-order valence-corrected chi connectivity index (χ4v) is 2.97. The van der Waals surface area contributed by atoms with Crippen molar-refractivity contribution in [2.75, 3.05) is 5.32 Å². The number of rotatable bonds is 3. The third-order valence-corrected chi connectivity index (χ3v) is 4.46. The number of alkyl halides is 3. The number of fused-ring (bicyclic) bond motifs is 1.